The van der Waals surface area contributed by atoms with Crippen LogP contribution in [-0.4, -0.2) is 23.8 Å². The molecule has 2 rings (SSSR count). The van der Waals surface area contributed by atoms with Crippen LogP contribution in [0.15, 0.2) is 0 Å². The van der Waals surface area contributed by atoms with Gasteiger partial charge in [0.1, 0.15) is 5.78 Å². The number of nitrogens with two attached hydrogens (primary N) is 1. The normalized spacial score (nSPS) is 29.3. The Labute approximate surface area is 166 Å². The van der Waals surface area contributed by atoms with E-state index in [0.717, 1.165) is 25.7 Å². The van der Waals surface area contributed by atoms with E-state index in [2.05, 4.69) is 26.1 Å². The van der Waals surface area contributed by atoms with E-state index in [1.807, 2.05) is 0 Å². The van der Waals surface area contributed by atoms with Crippen molar-refractivity contribution >= 4 is 11.7 Å². The van der Waals surface area contributed by atoms with Gasteiger partial charge in [0.25, 0.3) is 0 Å². The Hall–Kier alpha value is -0.900. The Morgan fingerprint density at radius 2 is 1.70 bits per heavy atom. The number of carbonyl (C=O) groups excluding carboxylic acids is 2. The molecule has 2 saturated carbocycles. The van der Waals surface area contributed by atoms with Crippen molar-refractivity contribution in [1.82, 2.24) is 5.32 Å². The van der Waals surface area contributed by atoms with Crippen LogP contribution in [0.4, 0.5) is 0 Å². The fourth-order valence-electron chi connectivity index (χ4n) is 5.33. The third-order valence-corrected chi connectivity index (χ3v) is 7.10. The molecule has 0 unspecified atom stereocenters. The van der Waals surface area contributed by atoms with Gasteiger partial charge in [0.05, 0.1) is 6.04 Å². The monoisotopic (exact) mass is 378 g/mol. The lowest BCUT2D eigenvalue weighted by atomic mass is 9.68. The van der Waals surface area contributed by atoms with Crippen molar-refractivity contribution < 1.29 is 9.59 Å². The summed E-state index contributed by atoms with van der Waals surface area (Å²) in [6, 6.07) is -0.387. The summed E-state index contributed by atoms with van der Waals surface area (Å²) in [6.07, 6.45) is 10.9. The zero-order valence-electron chi connectivity index (χ0n) is 18.0. The molecule has 0 aliphatic heterocycles. The van der Waals surface area contributed by atoms with E-state index in [4.69, 9.17) is 5.73 Å². The predicted molar refractivity (Wildman–Crippen MR) is 111 cm³/mol. The van der Waals surface area contributed by atoms with Gasteiger partial charge in [-0.25, -0.2) is 0 Å². The zero-order valence-corrected chi connectivity index (χ0v) is 18.0. The lowest BCUT2D eigenvalue weighted by molar-refractivity contribution is -0.128. The van der Waals surface area contributed by atoms with Crippen LogP contribution in [0.25, 0.3) is 0 Å². The maximum Gasteiger partial charge on any atom is 0.236 e. The first-order valence-corrected chi connectivity index (χ1v) is 11.4. The van der Waals surface area contributed by atoms with Gasteiger partial charge in [0.15, 0.2) is 0 Å². The van der Waals surface area contributed by atoms with Crippen LogP contribution in [0.2, 0.25) is 0 Å². The van der Waals surface area contributed by atoms with E-state index in [-0.39, 0.29) is 17.9 Å². The molecule has 3 N–H and O–H groups in total. The molecular weight excluding hydrogens is 336 g/mol. The van der Waals surface area contributed by atoms with E-state index in [1.165, 1.54) is 32.1 Å². The molecule has 0 aromatic heterocycles. The second kappa shape index (κ2) is 10.6. The predicted octanol–water partition coefficient (Wildman–Crippen LogP) is 4.46. The van der Waals surface area contributed by atoms with Crippen molar-refractivity contribution in [3.05, 3.63) is 0 Å². The fourth-order valence-corrected chi connectivity index (χ4v) is 5.33. The van der Waals surface area contributed by atoms with Gasteiger partial charge >= 0.3 is 0 Å². The van der Waals surface area contributed by atoms with Crippen LogP contribution < -0.4 is 11.1 Å². The van der Waals surface area contributed by atoms with Gasteiger partial charge in [-0.2, -0.15) is 0 Å². The zero-order chi connectivity index (χ0) is 20.0. The van der Waals surface area contributed by atoms with Crippen molar-refractivity contribution in [3.63, 3.8) is 0 Å². The highest BCUT2D eigenvalue weighted by molar-refractivity contribution is 5.82. The molecular formula is C23H42N2O2. The van der Waals surface area contributed by atoms with Crippen LogP contribution in [0.5, 0.6) is 0 Å². The van der Waals surface area contributed by atoms with Crippen LogP contribution in [0.1, 0.15) is 91.9 Å². The molecule has 0 saturated heterocycles. The molecule has 0 aromatic carbocycles. The molecule has 0 heterocycles. The largest absolute Gasteiger partial charge is 0.352 e. The van der Waals surface area contributed by atoms with Gasteiger partial charge in [0, 0.05) is 18.4 Å². The van der Waals surface area contributed by atoms with Crippen LogP contribution in [0, 0.1) is 29.6 Å². The topological polar surface area (TPSA) is 72.2 Å². The molecule has 4 nitrogen and oxygen atoms in total. The van der Waals surface area contributed by atoms with E-state index >= 15 is 0 Å². The van der Waals surface area contributed by atoms with Crippen LogP contribution in [0.3, 0.4) is 0 Å². The second-order valence-corrected chi connectivity index (χ2v) is 9.74. The highest BCUT2D eigenvalue weighted by Gasteiger charge is 2.35. The maximum absolute atomic E-state index is 13.1. The summed E-state index contributed by atoms with van der Waals surface area (Å²) in [5.74, 6) is 2.81. The van der Waals surface area contributed by atoms with Gasteiger partial charge in [-0.3, -0.25) is 9.59 Å². The minimum atomic E-state index is -0.490. The molecule has 27 heavy (non-hydrogen) atoms. The molecule has 0 spiro atoms. The maximum atomic E-state index is 13.1. The Bertz CT molecular complexity index is 483. The van der Waals surface area contributed by atoms with Gasteiger partial charge in [-0.05, 0) is 62.7 Å². The highest BCUT2D eigenvalue weighted by Crippen LogP contribution is 2.39. The van der Waals surface area contributed by atoms with Crippen molar-refractivity contribution in [2.24, 2.45) is 35.3 Å². The fraction of sp³-hybridized carbons (Fsp3) is 0.913. The summed E-state index contributed by atoms with van der Waals surface area (Å²) < 4.78 is 0. The van der Waals surface area contributed by atoms with E-state index in [0.29, 0.717) is 35.9 Å². The van der Waals surface area contributed by atoms with Crippen LogP contribution in [-0.2, 0) is 9.59 Å². The highest BCUT2D eigenvalue weighted by atomic mass is 16.2. The average molecular weight is 379 g/mol. The average Bonchev–Trinajstić information content (AvgIpc) is 2.64. The number of hydrogen-bond acceptors (Lipinski definition) is 3. The van der Waals surface area contributed by atoms with Crippen molar-refractivity contribution in [2.75, 3.05) is 0 Å². The molecule has 0 radical (unpaired) electrons. The first-order chi connectivity index (χ1) is 12.8. The van der Waals surface area contributed by atoms with E-state index < -0.39 is 6.04 Å². The quantitative estimate of drug-likeness (QED) is 0.655. The number of amides is 1. The summed E-state index contributed by atoms with van der Waals surface area (Å²) >= 11 is 0. The van der Waals surface area contributed by atoms with Crippen molar-refractivity contribution in [3.8, 4) is 0 Å². The Morgan fingerprint density at radius 3 is 2.30 bits per heavy atom. The van der Waals surface area contributed by atoms with Crippen molar-refractivity contribution in [2.45, 2.75) is 104 Å². The molecule has 1 amide bonds. The Kier molecular flexibility index (Phi) is 8.78. The third-order valence-electron chi connectivity index (χ3n) is 7.10. The third kappa shape index (κ3) is 6.58. The van der Waals surface area contributed by atoms with E-state index in [9.17, 15) is 9.59 Å². The van der Waals surface area contributed by atoms with Crippen LogP contribution >= 0.6 is 0 Å². The molecule has 2 aliphatic carbocycles. The summed E-state index contributed by atoms with van der Waals surface area (Å²) in [7, 11) is 0. The molecule has 0 aromatic rings. The second-order valence-electron chi connectivity index (χ2n) is 9.74. The van der Waals surface area contributed by atoms with E-state index in [1.54, 1.807) is 6.92 Å². The summed E-state index contributed by atoms with van der Waals surface area (Å²) in [4.78, 5) is 25.3. The Morgan fingerprint density at radius 1 is 1.04 bits per heavy atom. The number of Topliss-reactive ketones (excluding diaryl/α,β-unsaturated/α-hetero) is 1. The number of carbonyl (C=O) groups is 2. The first-order valence-electron chi connectivity index (χ1n) is 11.4. The molecule has 156 valence electrons. The molecule has 5 atom stereocenters. The lowest BCUT2D eigenvalue weighted by Crippen LogP contribution is -2.47. The Balaban J connectivity index is 1.98. The smallest absolute Gasteiger partial charge is 0.236 e. The minimum Gasteiger partial charge on any atom is -0.352 e. The molecule has 2 aliphatic rings. The lowest BCUT2D eigenvalue weighted by Gasteiger charge is -2.37. The van der Waals surface area contributed by atoms with Gasteiger partial charge in [-0.15, -0.1) is 0 Å². The number of nitrogens with one attached hydrogen (secondary N) is 1. The molecule has 4 heteroatoms. The number of ketones is 1. The van der Waals surface area contributed by atoms with Gasteiger partial charge in [0.2, 0.25) is 5.91 Å². The standard InChI is InChI=1S/C23H42N2O2/c1-15(2)19-11-10-16(3)14-20(19)22(26)13-12-21(25-23(27)17(4)24)18-8-6-5-7-9-18/h15-21H,5-14,24H2,1-4H3,(H,25,27)/t16-,17-,19+,20-,21-/m1/s1. The number of hydrogen-bond donors (Lipinski definition) is 2. The number of rotatable bonds is 8. The summed E-state index contributed by atoms with van der Waals surface area (Å²) in [5.41, 5.74) is 5.77. The first kappa shape index (κ1) is 22.4. The summed E-state index contributed by atoms with van der Waals surface area (Å²) in [6.45, 7) is 8.53. The minimum absolute atomic E-state index is 0.0793. The van der Waals surface area contributed by atoms with Crippen molar-refractivity contribution in [1.29, 1.82) is 0 Å². The summed E-state index contributed by atoms with van der Waals surface area (Å²) in [5, 5.41) is 3.17. The van der Waals surface area contributed by atoms with Gasteiger partial charge < -0.3 is 11.1 Å². The van der Waals surface area contributed by atoms with Gasteiger partial charge in [-0.1, -0.05) is 46.5 Å². The SMILES string of the molecule is CC(C)[C@@H]1CC[C@@H](C)C[C@H]1C(=O)CC[C@@H](NC(=O)[C@@H](C)N)C1CCCCC1. The molecule has 2 fully saturated rings. The molecule has 0 bridgehead atoms.